The molecule has 0 aliphatic carbocycles. The highest BCUT2D eigenvalue weighted by Gasteiger charge is 2.28. The van der Waals surface area contributed by atoms with Crippen molar-refractivity contribution in [2.75, 3.05) is 24.7 Å². The molecule has 0 radical (unpaired) electrons. The highest BCUT2D eigenvalue weighted by Crippen LogP contribution is 2.41. The van der Waals surface area contributed by atoms with Crippen LogP contribution in [0, 0.1) is 0 Å². The molecule has 0 aliphatic rings. The molecular weight excluding hydrogens is 580 g/mol. The summed E-state index contributed by atoms with van der Waals surface area (Å²) in [4.78, 5) is 12.5. The monoisotopic (exact) mass is 640 g/mol. The maximum absolute atomic E-state index is 12.5. The van der Waals surface area contributed by atoms with Crippen LogP contribution >= 0.6 is 11.8 Å². The van der Waals surface area contributed by atoms with Crippen molar-refractivity contribution in [1.82, 2.24) is 0 Å². The van der Waals surface area contributed by atoms with E-state index >= 15 is 0 Å². The minimum absolute atomic E-state index is 0.155. The number of benzene rings is 2. The van der Waals surface area contributed by atoms with Gasteiger partial charge in [-0.15, -0.1) is 0 Å². The van der Waals surface area contributed by atoms with Crippen molar-refractivity contribution in [1.29, 1.82) is 0 Å². The number of phenols is 2. The summed E-state index contributed by atoms with van der Waals surface area (Å²) < 4.78 is 11.4. The van der Waals surface area contributed by atoms with Crippen molar-refractivity contribution in [3.8, 4) is 11.5 Å². The van der Waals surface area contributed by atoms with E-state index in [1.54, 1.807) is 11.8 Å². The molecule has 45 heavy (non-hydrogen) atoms. The molecule has 0 saturated heterocycles. The first-order chi connectivity index (χ1) is 20.5. The fourth-order valence-corrected chi connectivity index (χ4v) is 5.81. The third-order valence-corrected chi connectivity index (χ3v) is 8.82. The van der Waals surface area contributed by atoms with Gasteiger partial charge < -0.3 is 19.7 Å². The van der Waals surface area contributed by atoms with Crippen LogP contribution in [0.4, 0.5) is 0 Å². The van der Waals surface area contributed by atoms with Gasteiger partial charge in [0.15, 0.2) is 0 Å². The van der Waals surface area contributed by atoms with Crippen LogP contribution in [-0.2, 0) is 48.8 Å². The van der Waals surface area contributed by atoms with Gasteiger partial charge in [-0.1, -0.05) is 114 Å². The molecule has 5 nitrogen and oxygen atoms in total. The fraction of sp³-hybridized carbons (Fsp3) is 0.615. The number of thioether (sulfide) groups is 1. The van der Waals surface area contributed by atoms with Gasteiger partial charge in [0.2, 0.25) is 0 Å². The fourth-order valence-electron chi connectivity index (χ4n) is 5.20. The van der Waals surface area contributed by atoms with Crippen LogP contribution in [0.2, 0.25) is 0 Å². The second-order valence-corrected chi connectivity index (χ2v) is 17.5. The third-order valence-electron chi connectivity index (χ3n) is 7.91. The molecule has 0 unspecified atom stereocenters. The van der Waals surface area contributed by atoms with E-state index in [-0.39, 0.29) is 27.6 Å². The van der Waals surface area contributed by atoms with E-state index in [1.165, 1.54) is 5.56 Å². The number of phenolic OH excluding ortho intramolecular Hbond substituents is 2. The number of allylic oxidation sites excluding steroid dienone is 1. The average molecular weight is 641 g/mol. The molecule has 2 rings (SSSR count). The predicted molar refractivity (Wildman–Crippen MR) is 191 cm³/mol. The lowest BCUT2D eigenvalue weighted by Crippen LogP contribution is -2.18. The van der Waals surface area contributed by atoms with Gasteiger partial charge in [0.1, 0.15) is 18.1 Å². The number of carbonyl (C=O) groups excluding carboxylic acids is 1. The Kier molecular flexibility index (Phi) is 13.1. The Morgan fingerprint density at radius 2 is 0.956 bits per heavy atom. The summed E-state index contributed by atoms with van der Waals surface area (Å²) in [6.45, 7) is 30.3. The van der Waals surface area contributed by atoms with E-state index < -0.39 is 0 Å². The number of aryl methyl sites for hydroxylation is 2. The summed E-state index contributed by atoms with van der Waals surface area (Å²) in [6.07, 6.45) is 2.40. The molecule has 6 heteroatoms. The largest absolute Gasteiger partial charge is 0.507 e. The number of carbonyl (C=O) groups is 1. The molecule has 0 amide bonds. The van der Waals surface area contributed by atoms with Crippen molar-refractivity contribution < 1.29 is 24.5 Å². The highest BCUT2D eigenvalue weighted by atomic mass is 32.2. The Labute approximate surface area is 278 Å². The van der Waals surface area contributed by atoms with Gasteiger partial charge in [0, 0.05) is 24.3 Å². The smallest absolute Gasteiger partial charge is 0.306 e. The second-order valence-electron chi connectivity index (χ2n) is 16.3. The van der Waals surface area contributed by atoms with Crippen LogP contribution < -0.4 is 0 Å². The number of hydrogen-bond acceptors (Lipinski definition) is 6. The number of hydrogen-bond donors (Lipinski definition) is 2. The van der Waals surface area contributed by atoms with Gasteiger partial charge >= 0.3 is 5.97 Å². The molecule has 0 saturated carbocycles. The van der Waals surface area contributed by atoms with Crippen LogP contribution in [0.3, 0.4) is 0 Å². The summed E-state index contributed by atoms with van der Waals surface area (Å²) >= 11 is 1.69. The van der Waals surface area contributed by atoms with Crippen LogP contribution in [0.5, 0.6) is 11.5 Å². The third kappa shape index (κ3) is 11.9. The van der Waals surface area contributed by atoms with Gasteiger partial charge in [-0.2, -0.15) is 11.8 Å². The van der Waals surface area contributed by atoms with Gasteiger partial charge in [-0.3, -0.25) is 4.79 Å². The van der Waals surface area contributed by atoms with E-state index in [1.807, 2.05) is 12.1 Å². The summed E-state index contributed by atoms with van der Waals surface area (Å²) in [7, 11) is 0. The lowest BCUT2D eigenvalue weighted by molar-refractivity contribution is -0.142. The van der Waals surface area contributed by atoms with Crippen LogP contribution in [0.1, 0.15) is 129 Å². The first kappa shape index (κ1) is 38.6. The number of aromatic hydroxyl groups is 2. The number of rotatable bonds is 13. The van der Waals surface area contributed by atoms with E-state index in [9.17, 15) is 15.0 Å². The van der Waals surface area contributed by atoms with Crippen molar-refractivity contribution >= 4 is 17.7 Å². The molecule has 2 N–H and O–H groups in total. The summed E-state index contributed by atoms with van der Waals surface area (Å²) in [5.74, 6) is 2.80. The second kappa shape index (κ2) is 15.3. The maximum Gasteiger partial charge on any atom is 0.306 e. The van der Waals surface area contributed by atoms with Crippen molar-refractivity contribution in [2.24, 2.45) is 0 Å². The Morgan fingerprint density at radius 1 is 0.622 bits per heavy atom. The van der Waals surface area contributed by atoms with Crippen molar-refractivity contribution in [2.45, 2.75) is 130 Å². The molecular formula is C39H60O5S. The van der Waals surface area contributed by atoms with E-state index in [4.69, 9.17) is 9.47 Å². The van der Waals surface area contributed by atoms with Crippen LogP contribution in [0.15, 0.2) is 36.6 Å². The normalized spacial score (nSPS) is 12.7. The molecule has 0 aliphatic heterocycles. The molecule has 0 atom stereocenters. The zero-order valence-corrected chi connectivity index (χ0v) is 31.0. The van der Waals surface area contributed by atoms with E-state index in [2.05, 4.69) is 102 Å². The number of esters is 1. The summed E-state index contributed by atoms with van der Waals surface area (Å²) in [5, 5.41) is 21.9. The minimum Gasteiger partial charge on any atom is -0.507 e. The van der Waals surface area contributed by atoms with Crippen molar-refractivity contribution in [3.63, 3.8) is 0 Å². The molecule has 0 bridgehead atoms. The summed E-state index contributed by atoms with van der Waals surface area (Å²) in [5.41, 5.74) is 5.26. The Morgan fingerprint density at radius 3 is 1.31 bits per heavy atom. The molecule has 2 aromatic carbocycles. The Balaban J connectivity index is 1.75. The standard InChI is InChI=1S/C39H60O5S/c1-26(14-15-27-22-29(36(2,3)4)34(41)30(23-27)37(5,6)7)43-18-20-45-21-19-44-33(40)17-16-28-24-31(38(8,9)10)35(42)32(25-28)39(11,12)13/h22-25,41-42H,1,14-21H2,2-13H3. The predicted octanol–water partition coefficient (Wildman–Crippen LogP) is 9.66. The zero-order valence-electron chi connectivity index (χ0n) is 30.2. The zero-order chi connectivity index (χ0) is 34.4. The van der Waals surface area contributed by atoms with Gasteiger partial charge in [-0.05, 0) is 67.9 Å². The molecule has 0 fully saturated rings. The Bertz CT molecular complexity index is 1140. The van der Waals surface area contributed by atoms with Crippen LogP contribution in [0.25, 0.3) is 0 Å². The maximum atomic E-state index is 12.5. The van der Waals surface area contributed by atoms with Gasteiger partial charge in [-0.25, -0.2) is 0 Å². The average Bonchev–Trinajstić information content (AvgIpc) is 2.88. The SMILES string of the molecule is C=C(CCc1cc(C(C)(C)C)c(O)c(C(C)(C)C)c1)OCCSCCOC(=O)CCc1cc(C(C)(C)C)c(O)c(C(C)(C)C)c1. The van der Waals surface area contributed by atoms with Crippen molar-refractivity contribution in [3.05, 3.63) is 70.0 Å². The molecule has 2 aromatic rings. The highest BCUT2D eigenvalue weighted by molar-refractivity contribution is 7.99. The lowest BCUT2D eigenvalue weighted by atomic mass is 9.78. The topological polar surface area (TPSA) is 76.0 Å². The molecule has 0 spiro atoms. The van der Waals surface area contributed by atoms with Gasteiger partial charge in [0.25, 0.3) is 0 Å². The van der Waals surface area contributed by atoms with Gasteiger partial charge in [0.05, 0.1) is 12.4 Å². The summed E-state index contributed by atoms with van der Waals surface area (Å²) in [6, 6.07) is 8.29. The quantitative estimate of drug-likeness (QED) is 0.129. The van der Waals surface area contributed by atoms with Crippen LogP contribution in [-0.4, -0.2) is 40.9 Å². The first-order valence-electron chi connectivity index (χ1n) is 16.3. The molecule has 252 valence electrons. The molecule has 0 heterocycles. The van der Waals surface area contributed by atoms with E-state index in [0.717, 1.165) is 52.2 Å². The lowest BCUT2D eigenvalue weighted by Gasteiger charge is -2.28. The van der Waals surface area contributed by atoms with E-state index in [0.29, 0.717) is 43.3 Å². The Hall–Kier alpha value is -2.60. The molecule has 0 aromatic heterocycles. The minimum atomic E-state index is -0.207. The first-order valence-corrected chi connectivity index (χ1v) is 17.4. The number of ether oxygens (including phenoxy) is 2.